The minimum atomic E-state index is -3.50. The molecule has 1 aliphatic rings. The van der Waals surface area contributed by atoms with Crippen molar-refractivity contribution in [1.82, 2.24) is 14.3 Å². The number of hydrogen-bond acceptors (Lipinski definition) is 5. The maximum absolute atomic E-state index is 13.5. The van der Waals surface area contributed by atoms with Gasteiger partial charge in [0, 0.05) is 31.0 Å². The van der Waals surface area contributed by atoms with Gasteiger partial charge in [-0.15, -0.1) is 0 Å². The molecule has 0 bridgehead atoms. The number of imidazole rings is 1. The highest BCUT2D eigenvalue weighted by molar-refractivity contribution is 7.89. The molecule has 3 aromatic rings. The lowest BCUT2D eigenvalue weighted by Gasteiger charge is -2.36. The molecule has 0 aliphatic carbocycles. The van der Waals surface area contributed by atoms with E-state index in [1.165, 1.54) is 0 Å². The van der Waals surface area contributed by atoms with Crippen LogP contribution in [0, 0.1) is 11.3 Å². The van der Waals surface area contributed by atoms with E-state index in [-0.39, 0.29) is 24.3 Å². The first-order valence-corrected chi connectivity index (χ1v) is 12.8. The fourth-order valence-corrected chi connectivity index (χ4v) is 6.33. The largest absolute Gasteiger partial charge is 0.364 e. The zero-order valence-electron chi connectivity index (χ0n) is 19.0. The summed E-state index contributed by atoms with van der Waals surface area (Å²) in [6, 6.07) is 17.5. The van der Waals surface area contributed by atoms with Crippen LogP contribution in [-0.2, 0) is 23.1 Å². The maximum Gasteiger partial charge on any atom is 0.214 e. The van der Waals surface area contributed by atoms with Gasteiger partial charge in [-0.25, -0.2) is 13.4 Å². The predicted molar refractivity (Wildman–Crippen MR) is 129 cm³/mol. The average Bonchev–Trinajstić information content (AvgIpc) is 3.27. The Morgan fingerprint density at radius 2 is 2.03 bits per heavy atom. The minimum absolute atomic E-state index is 0.0214. The molecule has 2 aromatic carbocycles. The number of anilines is 1. The Balaban J connectivity index is 1.83. The van der Waals surface area contributed by atoms with Crippen LogP contribution < -0.4 is 4.90 Å². The van der Waals surface area contributed by atoms with Crippen molar-refractivity contribution < 1.29 is 8.42 Å². The zero-order valence-corrected chi connectivity index (χ0v) is 19.8. The van der Waals surface area contributed by atoms with Gasteiger partial charge in [-0.3, -0.25) is 0 Å². The van der Waals surface area contributed by atoms with E-state index in [2.05, 4.69) is 40.0 Å². The topological polar surface area (TPSA) is 93.1 Å². The Morgan fingerprint density at radius 1 is 1.24 bits per heavy atom. The van der Waals surface area contributed by atoms with Crippen LogP contribution in [0.4, 0.5) is 5.69 Å². The standard InChI is InChI=1S/C25H29N5O2S/c1-3-11-33(31,32)30-15-22-12-20(13-26)9-10-24(22)29(16-23-14-27-18-28-23)17-25(30)19(2)21-7-5-4-6-8-21/h4-10,12,14,18-19,25H,3,11,15-17H2,1-2H3,(H,27,28)/t19-,25?/m1/s1. The highest BCUT2D eigenvalue weighted by Crippen LogP contribution is 2.35. The van der Waals surface area contributed by atoms with Crippen LogP contribution >= 0.6 is 0 Å². The number of nitriles is 1. The van der Waals surface area contributed by atoms with Crippen LogP contribution in [0.15, 0.2) is 61.1 Å². The number of sulfonamides is 1. The van der Waals surface area contributed by atoms with E-state index in [0.717, 1.165) is 22.5 Å². The van der Waals surface area contributed by atoms with Gasteiger partial charge in [-0.2, -0.15) is 9.57 Å². The second kappa shape index (κ2) is 9.77. The first kappa shape index (κ1) is 23.0. The Labute approximate surface area is 195 Å². The molecule has 1 unspecified atom stereocenters. The van der Waals surface area contributed by atoms with Gasteiger partial charge in [0.15, 0.2) is 0 Å². The molecular formula is C25H29N5O2S. The van der Waals surface area contributed by atoms with Crippen molar-refractivity contribution in [2.75, 3.05) is 17.2 Å². The molecule has 172 valence electrons. The summed E-state index contributed by atoms with van der Waals surface area (Å²) in [5.74, 6) is 0.0746. The predicted octanol–water partition coefficient (Wildman–Crippen LogP) is 4.02. The summed E-state index contributed by atoms with van der Waals surface area (Å²) in [5, 5.41) is 9.47. The van der Waals surface area contributed by atoms with Gasteiger partial charge in [-0.1, -0.05) is 44.2 Å². The van der Waals surface area contributed by atoms with E-state index >= 15 is 0 Å². The van der Waals surface area contributed by atoms with Crippen molar-refractivity contribution >= 4 is 15.7 Å². The number of fused-ring (bicyclic) bond motifs is 1. The number of benzene rings is 2. The van der Waals surface area contributed by atoms with Crippen LogP contribution in [0.25, 0.3) is 0 Å². The highest BCUT2D eigenvalue weighted by Gasteiger charge is 2.38. The van der Waals surface area contributed by atoms with Crippen molar-refractivity contribution in [3.05, 3.63) is 83.4 Å². The molecule has 7 nitrogen and oxygen atoms in total. The molecule has 0 spiro atoms. The first-order valence-electron chi connectivity index (χ1n) is 11.2. The maximum atomic E-state index is 13.5. The number of rotatable bonds is 7. The molecule has 1 N–H and O–H groups in total. The Morgan fingerprint density at radius 3 is 2.70 bits per heavy atom. The Hall–Kier alpha value is -3.15. The van der Waals surface area contributed by atoms with Gasteiger partial charge in [0.25, 0.3) is 0 Å². The summed E-state index contributed by atoms with van der Waals surface area (Å²) in [5.41, 5.74) is 4.36. The molecule has 8 heteroatoms. The lowest BCUT2D eigenvalue weighted by molar-refractivity contribution is 0.288. The molecule has 0 radical (unpaired) electrons. The molecule has 0 amide bonds. The summed E-state index contributed by atoms with van der Waals surface area (Å²) < 4.78 is 28.7. The quantitative estimate of drug-likeness (QED) is 0.571. The lowest BCUT2D eigenvalue weighted by Crippen LogP contribution is -2.47. The SMILES string of the molecule is CCCS(=O)(=O)N1Cc2cc(C#N)ccc2N(Cc2cnc[nH]2)CC1[C@H](C)c1ccccc1. The Bertz CT molecular complexity index is 1220. The van der Waals surface area contributed by atoms with Crippen molar-refractivity contribution in [2.45, 2.75) is 45.3 Å². The van der Waals surface area contributed by atoms with Crippen molar-refractivity contribution in [2.24, 2.45) is 0 Å². The normalized spacial score (nSPS) is 17.7. The summed E-state index contributed by atoms with van der Waals surface area (Å²) in [6.45, 7) is 5.32. The number of aromatic amines is 1. The summed E-state index contributed by atoms with van der Waals surface area (Å²) in [4.78, 5) is 9.51. The monoisotopic (exact) mass is 463 g/mol. The average molecular weight is 464 g/mol. The van der Waals surface area contributed by atoms with Crippen LogP contribution in [0.1, 0.15) is 48.6 Å². The van der Waals surface area contributed by atoms with E-state index in [4.69, 9.17) is 0 Å². The zero-order chi connectivity index (χ0) is 23.4. The number of nitrogens with one attached hydrogen (secondary N) is 1. The number of nitrogens with zero attached hydrogens (tertiary/aromatic N) is 4. The molecule has 0 fully saturated rings. The van der Waals surface area contributed by atoms with Crippen LogP contribution in [0.2, 0.25) is 0 Å². The molecular weight excluding hydrogens is 434 g/mol. The third kappa shape index (κ3) is 4.95. The Kier molecular flexibility index (Phi) is 6.82. The van der Waals surface area contributed by atoms with Gasteiger partial charge in [0.1, 0.15) is 0 Å². The molecule has 33 heavy (non-hydrogen) atoms. The minimum Gasteiger partial charge on any atom is -0.364 e. The van der Waals surface area contributed by atoms with Crippen molar-refractivity contribution in [3.8, 4) is 6.07 Å². The van der Waals surface area contributed by atoms with E-state index in [0.29, 0.717) is 25.1 Å². The summed E-state index contributed by atoms with van der Waals surface area (Å²) in [6.07, 6.45) is 3.98. The molecule has 4 rings (SSSR count). The van der Waals surface area contributed by atoms with Crippen LogP contribution in [0.5, 0.6) is 0 Å². The number of H-pyrrole nitrogens is 1. The van der Waals surface area contributed by atoms with Crippen LogP contribution in [-0.4, -0.2) is 41.0 Å². The fourth-order valence-electron chi connectivity index (χ4n) is 4.58. The second-order valence-corrected chi connectivity index (χ2v) is 10.6. The van der Waals surface area contributed by atoms with Crippen molar-refractivity contribution in [1.29, 1.82) is 5.26 Å². The summed E-state index contributed by atoms with van der Waals surface area (Å²) >= 11 is 0. The third-order valence-corrected chi connectivity index (χ3v) is 8.33. The fraction of sp³-hybridized carbons (Fsp3) is 0.360. The van der Waals surface area contributed by atoms with E-state index < -0.39 is 10.0 Å². The van der Waals surface area contributed by atoms with E-state index in [1.54, 1.807) is 22.9 Å². The molecule has 1 aromatic heterocycles. The molecule has 0 saturated carbocycles. The third-order valence-electron chi connectivity index (χ3n) is 6.29. The highest BCUT2D eigenvalue weighted by atomic mass is 32.2. The lowest BCUT2D eigenvalue weighted by atomic mass is 9.93. The van der Waals surface area contributed by atoms with Gasteiger partial charge >= 0.3 is 0 Å². The molecule has 2 heterocycles. The van der Waals surface area contributed by atoms with E-state index in [9.17, 15) is 13.7 Å². The molecule has 1 aliphatic heterocycles. The second-order valence-electron chi connectivity index (χ2n) is 8.54. The smallest absolute Gasteiger partial charge is 0.214 e. The first-order chi connectivity index (χ1) is 15.9. The van der Waals surface area contributed by atoms with Gasteiger partial charge in [0.05, 0.1) is 36.0 Å². The van der Waals surface area contributed by atoms with E-state index in [1.807, 2.05) is 37.3 Å². The number of aromatic nitrogens is 2. The van der Waals surface area contributed by atoms with Crippen LogP contribution in [0.3, 0.4) is 0 Å². The van der Waals surface area contributed by atoms with Crippen molar-refractivity contribution in [3.63, 3.8) is 0 Å². The molecule has 2 atom stereocenters. The van der Waals surface area contributed by atoms with Gasteiger partial charge in [-0.05, 0) is 41.7 Å². The molecule has 0 saturated heterocycles. The van der Waals surface area contributed by atoms with Gasteiger partial charge in [0.2, 0.25) is 10.0 Å². The number of hydrogen-bond donors (Lipinski definition) is 1. The van der Waals surface area contributed by atoms with Gasteiger partial charge < -0.3 is 9.88 Å². The summed E-state index contributed by atoms with van der Waals surface area (Å²) in [7, 11) is -3.50.